The fourth-order valence-corrected chi connectivity index (χ4v) is 0.855. The van der Waals surface area contributed by atoms with Crippen molar-refractivity contribution < 1.29 is 9.53 Å². The van der Waals surface area contributed by atoms with Crippen molar-refractivity contribution in [3.8, 4) is 0 Å². The lowest BCUT2D eigenvalue weighted by Gasteiger charge is -2.27. The van der Waals surface area contributed by atoms with Crippen LogP contribution in [0.5, 0.6) is 0 Å². The van der Waals surface area contributed by atoms with Crippen LogP contribution in [0.3, 0.4) is 0 Å². The summed E-state index contributed by atoms with van der Waals surface area (Å²) in [5.41, 5.74) is -0.392. The fraction of sp³-hybridized carbons (Fsp3) is 0.889. The lowest BCUT2D eigenvalue weighted by molar-refractivity contribution is -0.112. The van der Waals surface area contributed by atoms with E-state index in [1.54, 1.807) is 0 Å². The van der Waals surface area contributed by atoms with Crippen LogP contribution >= 0.6 is 15.9 Å². The Kier molecular flexibility index (Phi) is 5.76. The summed E-state index contributed by atoms with van der Waals surface area (Å²) in [6.07, 6.45) is 3.03. The second-order valence-corrected chi connectivity index (χ2v) is 4.33. The van der Waals surface area contributed by atoms with Gasteiger partial charge in [-0.25, -0.2) is 0 Å². The zero-order valence-corrected chi connectivity index (χ0v) is 9.56. The predicted molar refractivity (Wildman–Crippen MR) is 53.7 cm³/mol. The van der Waals surface area contributed by atoms with Gasteiger partial charge in [-0.15, -0.1) is 0 Å². The maximum absolute atomic E-state index is 10.5. The summed E-state index contributed by atoms with van der Waals surface area (Å²) in [5.74, 6) is 0. The van der Waals surface area contributed by atoms with Gasteiger partial charge in [0.15, 0.2) is 0 Å². The Morgan fingerprint density at radius 3 is 2.58 bits per heavy atom. The summed E-state index contributed by atoms with van der Waals surface area (Å²) in [5, 5.41) is 0. The molecule has 0 saturated carbocycles. The average molecular weight is 237 g/mol. The van der Waals surface area contributed by atoms with Gasteiger partial charge in [0.1, 0.15) is 6.29 Å². The van der Waals surface area contributed by atoms with E-state index in [1.165, 1.54) is 0 Å². The molecule has 0 radical (unpaired) electrons. The first kappa shape index (κ1) is 12.1. The fourth-order valence-electron chi connectivity index (χ4n) is 0.723. The minimum Gasteiger partial charge on any atom is -0.374 e. The molecule has 0 spiro atoms. The molecule has 72 valence electrons. The van der Waals surface area contributed by atoms with Gasteiger partial charge >= 0.3 is 0 Å². The van der Waals surface area contributed by atoms with Crippen LogP contribution in [0.15, 0.2) is 0 Å². The lowest BCUT2D eigenvalue weighted by Crippen LogP contribution is -2.36. The number of rotatable bonds is 6. The van der Waals surface area contributed by atoms with E-state index in [-0.39, 0.29) is 4.83 Å². The zero-order chi connectivity index (χ0) is 9.61. The van der Waals surface area contributed by atoms with Crippen molar-refractivity contribution in [1.29, 1.82) is 0 Å². The molecular formula is C9H17BrO2. The average Bonchev–Trinajstić information content (AvgIpc) is 2.03. The SMILES string of the molecule is CCCCOC(C)(C)[C@H](Br)C=O. The standard InChI is InChI=1S/C9H17BrO2/c1-4-5-6-12-9(2,3)8(10)7-11/h7-8H,4-6H2,1-3H3/t8-/m1/s1. The quantitative estimate of drug-likeness (QED) is 0.403. The third-order valence-electron chi connectivity index (χ3n) is 1.76. The molecule has 0 aliphatic heterocycles. The van der Waals surface area contributed by atoms with Crippen LogP contribution in [-0.2, 0) is 9.53 Å². The van der Waals surface area contributed by atoms with Gasteiger partial charge in [0.2, 0.25) is 0 Å². The first-order valence-electron chi connectivity index (χ1n) is 4.28. The van der Waals surface area contributed by atoms with Gasteiger partial charge < -0.3 is 9.53 Å². The molecule has 0 aromatic rings. The molecule has 12 heavy (non-hydrogen) atoms. The van der Waals surface area contributed by atoms with Crippen molar-refractivity contribution in [3.63, 3.8) is 0 Å². The van der Waals surface area contributed by atoms with Gasteiger partial charge in [0, 0.05) is 6.61 Å². The Morgan fingerprint density at radius 1 is 1.58 bits per heavy atom. The highest BCUT2D eigenvalue weighted by molar-refractivity contribution is 9.10. The van der Waals surface area contributed by atoms with E-state index in [9.17, 15) is 4.79 Å². The topological polar surface area (TPSA) is 26.3 Å². The van der Waals surface area contributed by atoms with Gasteiger partial charge in [-0.2, -0.15) is 0 Å². The van der Waals surface area contributed by atoms with Crippen molar-refractivity contribution >= 4 is 22.2 Å². The van der Waals surface area contributed by atoms with Crippen molar-refractivity contribution in [2.24, 2.45) is 0 Å². The van der Waals surface area contributed by atoms with Crippen LogP contribution in [0.4, 0.5) is 0 Å². The number of carbonyl (C=O) groups is 1. The maximum Gasteiger partial charge on any atom is 0.136 e. The largest absolute Gasteiger partial charge is 0.374 e. The number of ether oxygens (including phenoxy) is 1. The Hall–Kier alpha value is 0.110. The van der Waals surface area contributed by atoms with Crippen molar-refractivity contribution in [2.45, 2.75) is 44.0 Å². The van der Waals surface area contributed by atoms with Crippen LogP contribution in [0.1, 0.15) is 33.6 Å². The van der Waals surface area contributed by atoms with Gasteiger partial charge in [0.05, 0.1) is 10.4 Å². The van der Waals surface area contributed by atoms with Crippen LogP contribution in [0, 0.1) is 0 Å². The molecule has 0 aromatic carbocycles. The molecule has 0 bridgehead atoms. The number of aldehydes is 1. The van der Waals surface area contributed by atoms with Gasteiger partial charge in [-0.3, -0.25) is 0 Å². The minimum atomic E-state index is -0.392. The first-order chi connectivity index (χ1) is 5.54. The van der Waals surface area contributed by atoms with Crippen molar-refractivity contribution in [1.82, 2.24) is 0 Å². The summed E-state index contributed by atoms with van der Waals surface area (Å²) in [7, 11) is 0. The molecule has 2 nitrogen and oxygen atoms in total. The van der Waals surface area contributed by atoms with E-state index >= 15 is 0 Å². The number of alkyl halides is 1. The van der Waals surface area contributed by atoms with E-state index in [0.29, 0.717) is 0 Å². The number of hydrogen-bond acceptors (Lipinski definition) is 2. The second kappa shape index (κ2) is 5.70. The van der Waals surface area contributed by atoms with E-state index in [1.807, 2.05) is 13.8 Å². The van der Waals surface area contributed by atoms with Crippen LogP contribution < -0.4 is 0 Å². The number of carbonyl (C=O) groups excluding carboxylic acids is 1. The highest BCUT2D eigenvalue weighted by atomic mass is 79.9. The smallest absolute Gasteiger partial charge is 0.136 e. The number of hydrogen-bond donors (Lipinski definition) is 0. The van der Waals surface area contributed by atoms with Crippen LogP contribution in [-0.4, -0.2) is 23.3 Å². The van der Waals surface area contributed by atoms with Crippen LogP contribution in [0.25, 0.3) is 0 Å². The lowest BCUT2D eigenvalue weighted by atomic mass is 10.1. The van der Waals surface area contributed by atoms with Gasteiger partial charge in [0.25, 0.3) is 0 Å². The molecule has 0 aromatic heterocycles. The molecule has 0 N–H and O–H groups in total. The molecule has 0 unspecified atom stereocenters. The molecule has 0 amide bonds. The van der Waals surface area contributed by atoms with Gasteiger partial charge in [-0.05, 0) is 20.3 Å². The van der Waals surface area contributed by atoms with E-state index in [4.69, 9.17) is 4.74 Å². The molecule has 0 heterocycles. The highest BCUT2D eigenvalue weighted by Crippen LogP contribution is 2.20. The molecule has 1 atom stereocenters. The molecule has 3 heteroatoms. The second-order valence-electron chi connectivity index (χ2n) is 3.34. The Balaban J connectivity index is 3.77. The molecule has 0 fully saturated rings. The molecule has 0 aliphatic carbocycles. The van der Waals surface area contributed by atoms with E-state index in [2.05, 4.69) is 22.9 Å². The van der Waals surface area contributed by atoms with E-state index < -0.39 is 5.60 Å². The van der Waals surface area contributed by atoms with Crippen molar-refractivity contribution in [3.05, 3.63) is 0 Å². The summed E-state index contributed by atoms with van der Waals surface area (Å²) in [6.45, 7) is 6.66. The summed E-state index contributed by atoms with van der Waals surface area (Å²) in [6, 6.07) is 0. The summed E-state index contributed by atoms with van der Waals surface area (Å²) < 4.78 is 5.54. The summed E-state index contributed by atoms with van der Waals surface area (Å²) in [4.78, 5) is 10.2. The third kappa shape index (κ3) is 4.21. The first-order valence-corrected chi connectivity index (χ1v) is 5.19. The molecular weight excluding hydrogens is 220 g/mol. The normalized spacial score (nSPS) is 14.3. The summed E-state index contributed by atoms with van der Waals surface area (Å²) >= 11 is 3.26. The van der Waals surface area contributed by atoms with Crippen LogP contribution in [0.2, 0.25) is 0 Å². The van der Waals surface area contributed by atoms with Crippen molar-refractivity contribution in [2.75, 3.05) is 6.61 Å². The Labute approximate surface area is 82.8 Å². The number of unbranched alkanes of at least 4 members (excludes halogenated alkanes) is 1. The Morgan fingerprint density at radius 2 is 2.17 bits per heavy atom. The molecule has 0 aliphatic rings. The van der Waals surface area contributed by atoms with Gasteiger partial charge in [-0.1, -0.05) is 29.3 Å². The highest BCUT2D eigenvalue weighted by Gasteiger charge is 2.27. The zero-order valence-electron chi connectivity index (χ0n) is 7.97. The monoisotopic (exact) mass is 236 g/mol. The predicted octanol–water partition coefficient (Wildman–Crippen LogP) is 2.54. The molecule has 0 rings (SSSR count). The minimum absolute atomic E-state index is 0.221. The maximum atomic E-state index is 10.5. The Bertz CT molecular complexity index is 134. The molecule has 0 saturated heterocycles. The number of halogens is 1. The third-order valence-corrected chi connectivity index (χ3v) is 3.07. The van der Waals surface area contributed by atoms with E-state index in [0.717, 1.165) is 25.7 Å².